The fourth-order valence-corrected chi connectivity index (χ4v) is 2.05. The monoisotopic (exact) mass is 238 g/mol. The average Bonchev–Trinajstić information content (AvgIpc) is 2.76. The molecular weight excluding hydrogens is 226 g/mol. The second-order valence-corrected chi connectivity index (χ2v) is 4.06. The molecule has 3 aromatic rings. The van der Waals surface area contributed by atoms with Crippen molar-refractivity contribution in [2.75, 3.05) is 0 Å². The number of carbonyl (C=O) groups is 1. The summed E-state index contributed by atoms with van der Waals surface area (Å²) in [5.74, 6) is -0.995. The number of carboxylic acid groups (broad SMARTS) is 1. The van der Waals surface area contributed by atoms with Gasteiger partial charge in [-0.05, 0) is 29.8 Å². The molecule has 0 unspecified atom stereocenters. The zero-order valence-corrected chi connectivity index (χ0v) is 9.47. The van der Waals surface area contributed by atoms with Gasteiger partial charge in [0.25, 0.3) is 0 Å². The molecule has 2 aromatic carbocycles. The molecule has 3 heteroatoms. The molecule has 88 valence electrons. The van der Waals surface area contributed by atoms with E-state index in [2.05, 4.69) is 4.98 Å². The Kier molecular flexibility index (Phi) is 2.12. The summed E-state index contributed by atoms with van der Waals surface area (Å²) in [5.41, 5.74) is 2.46. The van der Waals surface area contributed by atoms with Crippen LogP contribution in [0.4, 0.5) is 0 Å². The average molecular weight is 238 g/mol. The molecule has 0 aliphatic carbocycles. The van der Waals surface area contributed by atoms with E-state index in [-0.39, 0.29) is 0 Å². The SMILES string of the molecule is [2H]c1cc(C=CC(=O)O)cc2c1[nH]c1ccccc12. The van der Waals surface area contributed by atoms with E-state index in [0.29, 0.717) is 11.6 Å². The van der Waals surface area contributed by atoms with Crippen LogP contribution in [0.2, 0.25) is 0 Å². The maximum absolute atomic E-state index is 10.5. The Balaban J connectivity index is 2.29. The highest BCUT2D eigenvalue weighted by atomic mass is 16.4. The summed E-state index contributed by atoms with van der Waals surface area (Å²) >= 11 is 0. The van der Waals surface area contributed by atoms with E-state index in [1.54, 1.807) is 6.07 Å². The van der Waals surface area contributed by atoms with Crippen LogP contribution >= 0.6 is 0 Å². The lowest BCUT2D eigenvalue weighted by Crippen LogP contribution is -1.85. The zero-order chi connectivity index (χ0) is 13.4. The number of carboxylic acids is 1. The highest BCUT2D eigenvalue weighted by molar-refractivity contribution is 6.07. The molecule has 0 saturated carbocycles. The lowest BCUT2D eigenvalue weighted by molar-refractivity contribution is -0.131. The largest absolute Gasteiger partial charge is 0.478 e. The number of fused-ring (bicyclic) bond motifs is 3. The van der Waals surface area contributed by atoms with Crippen molar-refractivity contribution in [3.8, 4) is 0 Å². The number of H-pyrrole nitrogens is 1. The molecule has 0 aliphatic rings. The van der Waals surface area contributed by atoms with Crippen LogP contribution in [0.5, 0.6) is 0 Å². The van der Waals surface area contributed by atoms with Gasteiger partial charge in [-0.3, -0.25) is 0 Å². The molecule has 0 aliphatic heterocycles. The summed E-state index contributed by atoms with van der Waals surface area (Å²) in [6.07, 6.45) is 2.58. The molecule has 0 bridgehead atoms. The Hall–Kier alpha value is -2.55. The Bertz CT molecular complexity index is 817. The number of rotatable bonds is 2. The van der Waals surface area contributed by atoms with Gasteiger partial charge in [-0.25, -0.2) is 4.79 Å². The Morgan fingerprint density at radius 3 is 2.89 bits per heavy atom. The number of hydrogen-bond acceptors (Lipinski definition) is 1. The lowest BCUT2D eigenvalue weighted by Gasteiger charge is -1.94. The third-order valence-corrected chi connectivity index (χ3v) is 2.86. The van der Waals surface area contributed by atoms with Gasteiger partial charge in [0.1, 0.15) is 0 Å². The van der Waals surface area contributed by atoms with Crippen LogP contribution < -0.4 is 0 Å². The highest BCUT2D eigenvalue weighted by Crippen LogP contribution is 2.26. The maximum Gasteiger partial charge on any atom is 0.328 e. The summed E-state index contributed by atoms with van der Waals surface area (Å²) in [6, 6.07) is 11.7. The minimum Gasteiger partial charge on any atom is -0.478 e. The third-order valence-electron chi connectivity index (χ3n) is 2.86. The summed E-state index contributed by atoms with van der Waals surface area (Å²) in [5, 5.41) is 10.6. The number of nitrogens with one attached hydrogen (secondary N) is 1. The van der Waals surface area contributed by atoms with Crippen molar-refractivity contribution in [1.82, 2.24) is 4.98 Å². The van der Waals surface area contributed by atoms with Crippen molar-refractivity contribution < 1.29 is 11.3 Å². The van der Waals surface area contributed by atoms with E-state index in [1.165, 1.54) is 6.08 Å². The van der Waals surface area contributed by atoms with Gasteiger partial charge in [-0.1, -0.05) is 24.3 Å². The molecule has 0 radical (unpaired) electrons. The van der Waals surface area contributed by atoms with Crippen LogP contribution in [0, 0.1) is 0 Å². The molecule has 0 atom stereocenters. The summed E-state index contributed by atoms with van der Waals surface area (Å²) in [6.45, 7) is 0. The van der Waals surface area contributed by atoms with E-state index in [1.807, 2.05) is 30.3 Å². The van der Waals surface area contributed by atoms with Crippen molar-refractivity contribution >= 4 is 33.9 Å². The number of aliphatic carboxylic acids is 1. The first-order valence-corrected chi connectivity index (χ1v) is 5.57. The fourth-order valence-electron chi connectivity index (χ4n) is 2.05. The van der Waals surface area contributed by atoms with Gasteiger partial charge < -0.3 is 10.1 Å². The van der Waals surface area contributed by atoms with Crippen LogP contribution in [-0.2, 0) is 4.79 Å². The first-order valence-electron chi connectivity index (χ1n) is 6.07. The molecule has 1 aromatic heterocycles. The molecule has 1 heterocycles. The van der Waals surface area contributed by atoms with Gasteiger partial charge in [-0.2, -0.15) is 0 Å². The molecule has 2 N–H and O–H groups in total. The molecule has 0 saturated heterocycles. The van der Waals surface area contributed by atoms with Gasteiger partial charge >= 0.3 is 5.97 Å². The molecule has 3 nitrogen and oxygen atoms in total. The van der Waals surface area contributed by atoms with Gasteiger partial charge in [0, 0.05) is 27.9 Å². The second kappa shape index (κ2) is 4.04. The number of aromatic nitrogens is 1. The molecule has 3 rings (SSSR count). The second-order valence-electron chi connectivity index (χ2n) is 4.06. The minimum atomic E-state index is -0.995. The summed E-state index contributed by atoms with van der Waals surface area (Å²) in [4.78, 5) is 13.8. The number of para-hydroxylation sites is 1. The zero-order valence-electron chi connectivity index (χ0n) is 10.5. The Labute approximate surface area is 105 Å². The number of benzene rings is 2. The molecular formula is C15H11NO2. The topological polar surface area (TPSA) is 53.1 Å². The Morgan fingerprint density at radius 1 is 1.22 bits per heavy atom. The van der Waals surface area contributed by atoms with Gasteiger partial charge in [0.15, 0.2) is 0 Å². The number of aromatic amines is 1. The predicted molar refractivity (Wildman–Crippen MR) is 72.5 cm³/mol. The van der Waals surface area contributed by atoms with Gasteiger partial charge in [0.2, 0.25) is 0 Å². The molecule has 18 heavy (non-hydrogen) atoms. The summed E-state index contributed by atoms with van der Waals surface area (Å²) in [7, 11) is 0. The fraction of sp³-hybridized carbons (Fsp3) is 0. The van der Waals surface area contributed by atoms with E-state index < -0.39 is 5.97 Å². The van der Waals surface area contributed by atoms with E-state index >= 15 is 0 Å². The van der Waals surface area contributed by atoms with E-state index in [9.17, 15) is 4.79 Å². The van der Waals surface area contributed by atoms with Gasteiger partial charge in [0.05, 0.1) is 1.37 Å². The summed E-state index contributed by atoms with van der Waals surface area (Å²) < 4.78 is 8.01. The van der Waals surface area contributed by atoms with E-state index in [0.717, 1.165) is 27.9 Å². The maximum atomic E-state index is 10.5. The van der Waals surface area contributed by atoms with Crippen LogP contribution in [0.15, 0.2) is 48.5 Å². The standard InChI is InChI=1S/C15H11NO2/c17-15(18)8-6-10-5-7-14-12(9-10)11-3-1-2-4-13(11)16-14/h1-9,16H,(H,17,18)/i7D. The molecule has 0 spiro atoms. The lowest BCUT2D eigenvalue weighted by atomic mass is 10.1. The molecule has 0 amide bonds. The van der Waals surface area contributed by atoms with Crippen LogP contribution in [0.3, 0.4) is 0 Å². The normalized spacial score (nSPS) is 12.3. The first kappa shape index (κ1) is 9.48. The van der Waals surface area contributed by atoms with Crippen molar-refractivity contribution in [2.24, 2.45) is 0 Å². The van der Waals surface area contributed by atoms with Crippen molar-refractivity contribution in [3.63, 3.8) is 0 Å². The van der Waals surface area contributed by atoms with Crippen LogP contribution in [-0.4, -0.2) is 16.1 Å². The van der Waals surface area contributed by atoms with Crippen molar-refractivity contribution in [1.29, 1.82) is 0 Å². The smallest absolute Gasteiger partial charge is 0.328 e. The number of hydrogen-bond donors (Lipinski definition) is 2. The minimum absolute atomic E-state index is 0.360. The van der Waals surface area contributed by atoms with Gasteiger partial charge in [-0.15, -0.1) is 0 Å². The van der Waals surface area contributed by atoms with Crippen LogP contribution in [0.25, 0.3) is 27.9 Å². The molecule has 0 fully saturated rings. The quantitative estimate of drug-likeness (QED) is 0.672. The Morgan fingerprint density at radius 2 is 2.06 bits per heavy atom. The highest BCUT2D eigenvalue weighted by Gasteiger charge is 2.03. The third kappa shape index (κ3) is 1.76. The van der Waals surface area contributed by atoms with Crippen molar-refractivity contribution in [3.05, 3.63) is 54.1 Å². The van der Waals surface area contributed by atoms with E-state index in [4.69, 9.17) is 6.48 Å². The van der Waals surface area contributed by atoms with Crippen molar-refractivity contribution in [2.45, 2.75) is 0 Å². The van der Waals surface area contributed by atoms with Crippen LogP contribution in [0.1, 0.15) is 6.93 Å². The first-order chi connectivity index (χ1) is 9.15. The predicted octanol–water partition coefficient (Wildman–Crippen LogP) is 3.42.